The number of hydrogen-bond donors (Lipinski definition) is 2. The Bertz CT molecular complexity index is 924. The van der Waals surface area contributed by atoms with Gasteiger partial charge in [-0.05, 0) is 50.1 Å². The smallest absolute Gasteiger partial charge is 0.103 e. The largest absolute Gasteiger partial charge is 0.386 e. The Hall–Kier alpha value is -2.43. The number of aliphatic imine (C=N–C) groups is 1. The third kappa shape index (κ3) is 3.52. The molecule has 150 valence electrons. The average Bonchev–Trinajstić information content (AvgIpc) is 2.86. The molecule has 5 aliphatic rings. The van der Waals surface area contributed by atoms with Crippen LogP contribution in [0.1, 0.15) is 19.8 Å². The van der Waals surface area contributed by atoms with E-state index in [1.54, 1.807) is 0 Å². The van der Waals surface area contributed by atoms with Crippen molar-refractivity contribution in [3.8, 4) is 0 Å². The third-order valence-corrected chi connectivity index (χ3v) is 6.49. The fourth-order valence-corrected chi connectivity index (χ4v) is 4.69. The first-order valence-corrected chi connectivity index (χ1v) is 10.8. The maximum atomic E-state index is 11.1. The van der Waals surface area contributed by atoms with Crippen LogP contribution in [0.4, 0.5) is 0 Å². The fourth-order valence-electron chi connectivity index (χ4n) is 4.69. The molecule has 1 saturated heterocycles. The van der Waals surface area contributed by atoms with E-state index in [4.69, 9.17) is 4.99 Å². The van der Waals surface area contributed by atoms with E-state index in [1.807, 2.05) is 6.92 Å². The first-order chi connectivity index (χ1) is 14.2. The zero-order valence-corrected chi connectivity index (χ0v) is 17.0. The van der Waals surface area contributed by atoms with Crippen molar-refractivity contribution in [2.75, 3.05) is 19.6 Å². The van der Waals surface area contributed by atoms with Crippen molar-refractivity contribution in [3.05, 3.63) is 83.2 Å². The summed E-state index contributed by atoms with van der Waals surface area (Å²) in [6.45, 7) is 5.31. The highest BCUT2D eigenvalue weighted by atomic mass is 16.3. The second-order valence-corrected chi connectivity index (χ2v) is 8.48. The molecule has 2 N–H and O–H groups in total. The van der Waals surface area contributed by atoms with Crippen molar-refractivity contribution in [3.63, 3.8) is 0 Å². The molecule has 2 aliphatic carbocycles. The van der Waals surface area contributed by atoms with Crippen LogP contribution in [0.5, 0.6) is 0 Å². The molecule has 4 nitrogen and oxygen atoms in total. The van der Waals surface area contributed by atoms with Crippen LogP contribution in [0.3, 0.4) is 0 Å². The predicted octanol–water partition coefficient (Wildman–Crippen LogP) is 3.23. The van der Waals surface area contributed by atoms with E-state index in [1.165, 1.54) is 25.1 Å². The number of hydrogen-bond acceptors (Lipinski definition) is 4. The maximum absolute atomic E-state index is 11.1. The third-order valence-electron chi connectivity index (χ3n) is 6.49. The fraction of sp³-hybridized carbons (Fsp3) is 0.400. The average molecular weight is 388 g/mol. The van der Waals surface area contributed by atoms with Crippen LogP contribution in [0, 0.1) is 5.92 Å². The summed E-state index contributed by atoms with van der Waals surface area (Å²) in [7, 11) is 0. The lowest BCUT2D eigenvalue weighted by molar-refractivity contribution is 0.185. The van der Waals surface area contributed by atoms with Gasteiger partial charge in [0.2, 0.25) is 0 Å². The molecule has 0 amide bonds. The van der Waals surface area contributed by atoms with Crippen LogP contribution in [-0.4, -0.2) is 53.5 Å². The molecule has 3 heterocycles. The van der Waals surface area contributed by atoms with E-state index < -0.39 is 6.10 Å². The Balaban J connectivity index is 1.55. The Morgan fingerprint density at radius 1 is 1.17 bits per heavy atom. The number of likely N-dealkylation sites (tertiary alicyclic amines) is 1. The van der Waals surface area contributed by atoms with Gasteiger partial charge in [-0.3, -0.25) is 9.89 Å². The van der Waals surface area contributed by atoms with E-state index in [9.17, 15) is 5.11 Å². The number of nitrogens with one attached hydrogen (secondary N) is 1. The summed E-state index contributed by atoms with van der Waals surface area (Å²) in [5.41, 5.74) is 5.58. The first kappa shape index (κ1) is 18.6. The van der Waals surface area contributed by atoms with Crippen molar-refractivity contribution in [1.29, 1.82) is 0 Å². The van der Waals surface area contributed by atoms with E-state index in [2.05, 4.69) is 71.0 Å². The lowest BCUT2D eigenvalue weighted by atomic mass is 9.87. The van der Waals surface area contributed by atoms with Crippen molar-refractivity contribution < 1.29 is 5.11 Å². The molecule has 4 atom stereocenters. The minimum Gasteiger partial charge on any atom is -0.386 e. The van der Waals surface area contributed by atoms with Gasteiger partial charge in [-0.25, -0.2) is 0 Å². The minimum atomic E-state index is -0.591. The monoisotopic (exact) mass is 387 g/mol. The molecule has 0 aromatic carbocycles. The van der Waals surface area contributed by atoms with Crippen LogP contribution in [0.15, 0.2) is 88.2 Å². The number of allylic oxidation sites excluding steroid dienone is 9. The second kappa shape index (κ2) is 7.77. The van der Waals surface area contributed by atoms with E-state index in [0.717, 1.165) is 35.5 Å². The van der Waals surface area contributed by atoms with Gasteiger partial charge in [0, 0.05) is 23.7 Å². The first-order valence-electron chi connectivity index (χ1n) is 10.8. The molecule has 0 radical (unpaired) electrons. The lowest BCUT2D eigenvalue weighted by Crippen LogP contribution is -2.39. The van der Waals surface area contributed by atoms with Crippen LogP contribution in [0.2, 0.25) is 0 Å². The Labute approximate surface area is 173 Å². The van der Waals surface area contributed by atoms with Crippen LogP contribution in [0.25, 0.3) is 0 Å². The number of aliphatic hydroxyl groups excluding tert-OH is 1. The molecule has 0 spiro atoms. The molecule has 29 heavy (non-hydrogen) atoms. The molecule has 4 heteroatoms. The van der Waals surface area contributed by atoms with Crippen molar-refractivity contribution in [2.45, 2.75) is 38.0 Å². The summed E-state index contributed by atoms with van der Waals surface area (Å²) in [5.74, 6) is 0.362. The van der Waals surface area contributed by atoms with E-state index in [0.29, 0.717) is 5.92 Å². The van der Waals surface area contributed by atoms with Crippen molar-refractivity contribution >= 4 is 5.71 Å². The van der Waals surface area contributed by atoms with Crippen molar-refractivity contribution in [1.82, 2.24) is 10.2 Å². The summed E-state index contributed by atoms with van der Waals surface area (Å²) >= 11 is 0. The molecule has 1 fully saturated rings. The van der Waals surface area contributed by atoms with Crippen LogP contribution < -0.4 is 5.32 Å². The normalized spacial score (nSPS) is 33.5. The van der Waals surface area contributed by atoms with Gasteiger partial charge in [-0.2, -0.15) is 0 Å². The molecular weight excluding hydrogens is 358 g/mol. The Morgan fingerprint density at radius 2 is 2.03 bits per heavy atom. The molecule has 0 aromatic heterocycles. The van der Waals surface area contributed by atoms with Crippen molar-refractivity contribution in [2.24, 2.45) is 10.9 Å². The quantitative estimate of drug-likeness (QED) is 0.779. The van der Waals surface area contributed by atoms with Gasteiger partial charge >= 0.3 is 0 Å². The summed E-state index contributed by atoms with van der Waals surface area (Å²) < 4.78 is 0. The molecule has 0 saturated carbocycles. The molecular formula is C25H29N3O. The van der Waals surface area contributed by atoms with Gasteiger partial charge in [-0.15, -0.1) is 0 Å². The summed E-state index contributed by atoms with van der Waals surface area (Å²) in [6.07, 6.45) is 23.2. The SMILES string of the molecule is CC1N=C(C2=CC=CCC=C2)C=C(C2=C(CN3CCC3)C3C=CC=CC3N2)C1O. The standard InChI is InChI=1S/C25H29N3O/c1-17-25(29)20(15-23(26-17)18-9-4-2-3-5-10-18)24-21(16-28-13-8-14-28)19-11-6-7-12-22(19)27-24/h2,4-7,9-12,15,17,19,22,25,27,29H,3,8,13-14,16H2,1H3. The summed E-state index contributed by atoms with van der Waals surface area (Å²) in [4.78, 5) is 7.30. The van der Waals surface area contributed by atoms with E-state index >= 15 is 0 Å². The van der Waals surface area contributed by atoms with Gasteiger partial charge in [0.25, 0.3) is 0 Å². The highest BCUT2D eigenvalue weighted by Gasteiger charge is 2.38. The van der Waals surface area contributed by atoms with Crippen LogP contribution in [-0.2, 0) is 0 Å². The zero-order valence-electron chi connectivity index (χ0n) is 17.0. The number of fused-ring (bicyclic) bond motifs is 1. The number of aliphatic hydroxyl groups is 1. The maximum Gasteiger partial charge on any atom is 0.103 e. The van der Waals surface area contributed by atoms with Gasteiger partial charge in [0.1, 0.15) is 6.10 Å². The number of nitrogens with zero attached hydrogens (tertiary/aromatic N) is 2. The van der Waals surface area contributed by atoms with Gasteiger partial charge in [-0.1, -0.05) is 54.7 Å². The molecule has 5 rings (SSSR count). The number of rotatable bonds is 4. The molecule has 0 aromatic rings. The number of dihydropyridines is 1. The van der Waals surface area contributed by atoms with Crippen LogP contribution >= 0.6 is 0 Å². The summed E-state index contributed by atoms with van der Waals surface area (Å²) in [6, 6.07) is 0.108. The van der Waals surface area contributed by atoms with Gasteiger partial charge < -0.3 is 10.4 Å². The molecule has 0 bridgehead atoms. The zero-order chi connectivity index (χ0) is 19.8. The lowest BCUT2D eigenvalue weighted by Gasteiger charge is -2.33. The Kier molecular flexibility index (Phi) is 4.98. The molecule has 3 aliphatic heterocycles. The topological polar surface area (TPSA) is 47.9 Å². The molecule has 4 unspecified atom stereocenters. The van der Waals surface area contributed by atoms with E-state index in [-0.39, 0.29) is 12.1 Å². The van der Waals surface area contributed by atoms with Gasteiger partial charge in [0.05, 0.1) is 17.8 Å². The minimum absolute atomic E-state index is 0.167. The highest BCUT2D eigenvalue weighted by Crippen LogP contribution is 2.37. The Morgan fingerprint density at radius 3 is 2.86 bits per heavy atom. The predicted molar refractivity (Wildman–Crippen MR) is 119 cm³/mol. The highest BCUT2D eigenvalue weighted by molar-refractivity contribution is 6.12. The van der Waals surface area contributed by atoms with Gasteiger partial charge in [0.15, 0.2) is 0 Å². The second-order valence-electron chi connectivity index (χ2n) is 8.48. The summed E-state index contributed by atoms with van der Waals surface area (Å²) in [5, 5.41) is 14.8.